The molecule has 0 aliphatic heterocycles. The number of methoxy groups -OCH3 is 1. The molecule has 0 fully saturated rings. The average Bonchev–Trinajstić information content (AvgIpc) is 2.33. The van der Waals surface area contributed by atoms with E-state index in [4.69, 9.17) is 14.2 Å². The Bertz CT molecular complexity index is 174. The summed E-state index contributed by atoms with van der Waals surface area (Å²) in [7, 11) is 1.71. The van der Waals surface area contributed by atoms with Gasteiger partial charge < -0.3 is 19.5 Å². The molecule has 0 saturated carbocycles. The topological polar surface area (TPSA) is 39.7 Å². The molecule has 0 saturated heterocycles. The van der Waals surface area contributed by atoms with E-state index in [2.05, 4.69) is 26.1 Å². The van der Waals surface area contributed by atoms with Crippen LogP contribution < -0.4 is 5.32 Å². The van der Waals surface area contributed by atoms with Gasteiger partial charge in [-0.1, -0.05) is 20.8 Å². The molecule has 0 unspecified atom stereocenters. The smallest absolute Gasteiger partial charge is 0.0700 e. The quantitative estimate of drug-likeness (QED) is 0.515. The zero-order valence-electron chi connectivity index (χ0n) is 12.6. The van der Waals surface area contributed by atoms with Gasteiger partial charge in [-0.25, -0.2) is 0 Å². The van der Waals surface area contributed by atoms with Crippen molar-refractivity contribution >= 4 is 0 Å². The van der Waals surface area contributed by atoms with Crippen LogP contribution in [0.25, 0.3) is 0 Å². The van der Waals surface area contributed by atoms with E-state index in [1.807, 2.05) is 0 Å². The van der Waals surface area contributed by atoms with Gasteiger partial charge >= 0.3 is 0 Å². The molecule has 0 rings (SSSR count). The minimum absolute atomic E-state index is 0.186. The van der Waals surface area contributed by atoms with Crippen LogP contribution in [0.4, 0.5) is 0 Å². The fraction of sp³-hybridized carbons (Fsp3) is 1.00. The molecule has 0 aromatic rings. The zero-order valence-corrected chi connectivity index (χ0v) is 12.6. The molecule has 0 aliphatic carbocycles. The minimum Gasteiger partial charge on any atom is -0.385 e. The molecule has 0 bridgehead atoms. The molecular weight excluding hydrogens is 230 g/mol. The van der Waals surface area contributed by atoms with Gasteiger partial charge in [-0.2, -0.15) is 0 Å². The second-order valence-electron chi connectivity index (χ2n) is 5.35. The van der Waals surface area contributed by atoms with Gasteiger partial charge in [0.15, 0.2) is 0 Å². The normalized spacial score (nSPS) is 12.0. The van der Waals surface area contributed by atoms with E-state index in [0.717, 1.165) is 39.3 Å². The van der Waals surface area contributed by atoms with E-state index in [0.29, 0.717) is 13.2 Å². The summed E-state index contributed by atoms with van der Waals surface area (Å²) in [5.74, 6) is 0. The highest BCUT2D eigenvalue weighted by Crippen LogP contribution is 2.13. The number of ether oxygens (including phenoxy) is 3. The van der Waals surface area contributed by atoms with E-state index < -0.39 is 0 Å². The third-order valence-corrected chi connectivity index (χ3v) is 2.53. The lowest BCUT2D eigenvalue weighted by atomic mass is 9.95. The lowest BCUT2D eigenvalue weighted by Crippen LogP contribution is -2.34. The summed E-state index contributed by atoms with van der Waals surface area (Å²) in [5.41, 5.74) is 0.186. The molecular formula is C14H31NO3. The molecule has 110 valence electrons. The molecule has 4 heteroatoms. The van der Waals surface area contributed by atoms with E-state index in [1.165, 1.54) is 6.42 Å². The number of rotatable bonds is 13. The van der Waals surface area contributed by atoms with Crippen molar-refractivity contribution in [2.24, 2.45) is 5.41 Å². The SMILES string of the molecule is CCCNCC(C)(C)COCCOCCCOC. The van der Waals surface area contributed by atoms with Crippen LogP contribution >= 0.6 is 0 Å². The maximum absolute atomic E-state index is 5.64. The Kier molecular flexibility index (Phi) is 11.8. The van der Waals surface area contributed by atoms with Crippen molar-refractivity contribution in [1.82, 2.24) is 5.32 Å². The average molecular weight is 261 g/mol. The monoisotopic (exact) mass is 261 g/mol. The lowest BCUT2D eigenvalue weighted by molar-refractivity contribution is 0.0112. The maximum Gasteiger partial charge on any atom is 0.0700 e. The van der Waals surface area contributed by atoms with Gasteiger partial charge in [0.05, 0.1) is 19.8 Å². The Morgan fingerprint density at radius 2 is 1.72 bits per heavy atom. The lowest BCUT2D eigenvalue weighted by Gasteiger charge is -2.24. The maximum atomic E-state index is 5.64. The molecule has 4 nitrogen and oxygen atoms in total. The molecule has 0 spiro atoms. The van der Waals surface area contributed by atoms with Crippen molar-refractivity contribution in [2.45, 2.75) is 33.6 Å². The van der Waals surface area contributed by atoms with Gasteiger partial charge in [-0.3, -0.25) is 0 Å². The molecule has 0 atom stereocenters. The summed E-state index contributed by atoms with van der Waals surface area (Å²) in [5, 5.41) is 3.43. The second-order valence-corrected chi connectivity index (χ2v) is 5.35. The summed E-state index contributed by atoms with van der Waals surface area (Å²) in [4.78, 5) is 0. The molecule has 0 radical (unpaired) electrons. The first-order chi connectivity index (χ1) is 8.62. The van der Waals surface area contributed by atoms with Gasteiger partial charge in [0, 0.05) is 32.3 Å². The first kappa shape index (κ1) is 17.8. The second kappa shape index (κ2) is 11.9. The highest BCUT2D eigenvalue weighted by molar-refractivity contribution is 4.70. The van der Waals surface area contributed by atoms with Crippen molar-refractivity contribution in [2.75, 3.05) is 53.2 Å². The van der Waals surface area contributed by atoms with Crippen LogP contribution in [-0.2, 0) is 14.2 Å². The van der Waals surface area contributed by atoms with Crippen molar-refractivity contribution in [3.8, 4) is 0 Å². The molecule has 0 amide bonds. The largest absolute Gasteiger partial charge is 0.385 e. The minimum atomic E-state index is 0.186. The van der Waals surface area contributed by atoms with Crippen LogP contribution in [-0.4, -0.2) is 53.2 Å². The first-order valence-electron chi connectivity index (χ1n) is 6.97. The van der Waals surface area contributed by atoms with Crippen LogP contribution in [0.5, 0.6) is 0 Å². The summed E-state index contributed by atoms with van der Waals surface area (Å²) in [6.07, 6.45) is 2.12. The van der Waals surface area contributed by atoms with Crippen LogP contribution in [0.2, 0.25) is 0 Å². The Hall–Kier alpha value is -0.160. The van der Waals surface area contributed by atoms with Crippen LogP contribution in [0.1, 0.15) is 33.6 Å². The van der Waals surface area contributed by atoms with Gasteiger partial charge in [0.1, 0.15) is 0 Å². The summed E-state index contributed by atoms with van der Waals surface area (Å²) >= 11 is 0. The van der Waals surface area contributed by atoms with Gasteiger partial charge in [-0.05, 0) is 19.4 Å². The van der Waals surface area contributed by atoms with Gasteiger partial charge in [-0.15, -0.1) is 0 Å². The van der Waals surface area contributed by atoms with Crippen molar-refractivity contribution in [3.63, 3.8) is 0 Å². The van der Waals surface area contributed by atoms with Crippen molar-refractivity contribution < 1.29 is 14.2 Å². The highest BCUT2D eigenvalue weighted by Gasteiger charge is 2.17. The number of hydrogen-bond acceptors (Lipinski definition) is 4. The van der Waals surface area contributed by atoms with Crippen molar-refractivity contribution in [1.29, 1.82) is 0 Å². The zero-order chi connectivity index (χ0) is 13.7. The van der Waals surface area contributed by atoms with Gasteiger partial charge in [0.2, 0.25) is 0 Å². The van der Waals surface area contributed by atoms with Gasteiger partial charge in [0.25, 0.3) is 0 Å². The summed E-state index contributed by atoms with van der Waals surface area (Å²) in [6.45, 7) is 12.3. The molecule has 0 heterocycles. The van der Waals surface area contributed by atoms with E-state index in [1.54, 1.807) is 7.11 Å². The van der Waals surface area contributed by atoms with Crippen LogP contribution in [0.15, 0.2) is 0 Å². The Morgan fingerprint density at radius 3 is 2.39 bits per heavy atom. The molecule has 0 aliphatic rings. The molecule has 0 aromatic heterocycles. The number of nitrogens with one attached hydrogen (secondary N) is 1. The van der Waals surface area contributed by atoms with Crippen LogP contribution in [0, 0.1) is 5.41 Å². The fourth-order valence-electron chi connectivity index (χ4n) is 1.53. The highest BCUT2D eigenvalue weighted by atomic mass is 16.5. The summed E-state index contributed by atoms with van der Waals surface area (Å²) in [6, 6.07) is 0. The molecule has 18 heavy (non-hydrogen) atoms. The molecule has 1 N–H and O–H groups in total. The third kappa shape index (κ3) is 12.3. The standard InChI is InChI=1S/C14H31NO3/c1-5-7-15-12-14(2,3)13-18-11-10-17-9-6-8-16-4/h15H,5-13H2,1-4H3. The Balaban J connectivity index is 3.30. The van der Waals surface area contributed by atoms with E-state index in [9.17, 15) is 0 Å². The van der Waals surface area contributed by atoms with E-state index >= 15 is 0 Å². The third-order valence-electron chi connectivity index (χ3n) is 2.53. The Labute approximate surface area is 112 Å². The first-order valence-corrected chi connectivity index (χ1v) is 6.97. The summed E-state index contributed by atoms with van der Waals surface area (Å²) < 4.78 is 16.0. The van der Waals surface area contributed by atoms with Crippen LogP contribution in [0.3, 0.4) is 0 Å². The predicted molar refractivity (Wildman–Crippen MR) is 75.1 cm³/mol. The fourth-order valence-corrected chi connectivity index (χ4v) is 1.53. The number of hydrogen-bond donors (Lipinski definition) is 1. The Morgan fingerprint density at radius 1 is 1.00 bits per heavy atom. The van der Waals surface area contributed by atoms with Crippen molar-refractivity contribution in [3.05, 3.63) is 0 Å². The molecule has 0 aromatic carbocycles. The predicted octanol–water partition coefficient (Wildman–Crippen LogP) is 2.08. The van der Waals surface area contributed by atoms with E-state index in [-0.39, 0.29) is 5.41 Å².